The highest BCUT2D eigenvalue weighted by Gasteiger charge is 2.13. The number of carbonyl (C=O) groups is 3. The fraction of sp³-hybridized carbons (Fsp3) is 0.864. The molecule has 0 radical (unpaired) electrons. The first-order valence-electron chi connectivity index (χ1n) is 11.1. The van der Waals surface area contributed by atoms with Crippen molar-refractivity contribution in [1.82, 2.24) is 14.7 Å². The number of hydrogen-bond donors (Lipinski definition) is 0. The molecule has 0 aromatic rings. The van der Waals surface area contributed by atoms with E-state index in [4.69, 9.17) is 14.2 Å². The van der Waals surface area contributed by atoms with Crippen LogP contribution >= 0.6 is 0 Å². The van der Waals surface area contributed by atoms with Gasteiger partial charge in [0.25, 0.3) is 0 Å². The van der Waals surface area contributed by atoms with Crippen LogP contribution < -0.4 is 0 Å². The Balaban J connectivity index is 4.56. The summed E-state index contributed by atoms with van der Waals surface area (Å²) in [5, 5.41) is 0. The summed E-state index contributed by atoms with van der Waals surface area (Å²) in [4.78, 5) is 41.4. The fourth-order valence-corrected chi connectivity index (χ4v) is 3.03. The van der Waals surface area contributed by atoms with Gasteiger partial charge in [0.2, 0.25) is 0 Å². The van der Waals surface area contributed by atoms with E-state index in [1.54, 1.807) is 14.0 Å². The van der Waals surface area contributed by atoms with Gasteiger partial charge in [0.15, 0.2) is 0 Å². The highest BCUT2D eigenvalue weighted by atomic mass is 16.6. The van der Waals surface area contributed by atoms with E-state index in [-0.39, 0.29) is 37.2 Å². The van der Waals surface area contributed by atoms with E-state index < -0.39 is 0 Å². The zero-order chi connectivity index (χ0) is 23.5. The Hall–Kier alpha value is -1.55. The molecule has 0 bridgehead atoms. The first-order chi connectivity index (χ1) is 14.8. The molecule has 0 atom stereocenters. The summed E-state index contributed by atoms with van der Waals surface area (Å²) in [6.45, 7) is 7.64. The van der Waals surface area contributed by atoms with Crippen molar-refractivity contribution >= 4 is 17.7 Å². The number of Topliss-reactive ketones (excluding diaryl/α,β-unsaturated/α-hetero) is 1. The Labute approximate surface area is 188 Å². The molecule has 0 amide bonds. The minimum atomic E-state index is -0.271. The van der Waals surface area contributed by atoms with E-state index in [0.717, 1.165) is 45.6 Å². The van der Waals surface area contributed by atoms with Crippen molar-refractivity contribution in [2.45, 2.75) is 39.0 Å². The number of hydrogen-bond acceptors (Lipinski definition) is 9. The third-order valence-electron chi connectivity index (χ3n) is 4.85. The highest BCUT2D eigenvalue weighted by molar-refractivity contribution is 5.75. The zero-order valence-corrected chi connectivity index (χ0v) is 20.2. The van der Waals surface area contributed by atoms with Gasteiger partial charge >= 0.3 is 11.9 Å². The minimum Gasteiger partial charge on any atom is -0.469 e. The number of ketones is 1. The van der Waals surface area contributed by atoms with Gasteiger partial charge in [-0.05, 0) is 60.0 Å². The fourth-order valence-electron chi connectivity index (χ4n) is 3.03. The SMILES string of the molecule is COCCOC(=O)CCN(CCCN(CCCN(C)C)CCC(C)=O)CCC(=O)OC. The van der Waals surface area contributed by atoms with Crippen molar-refractivity contribution in [3.63, 3.8) is 0 Å². The van der Waals surface area contributed by atoms with Gasteiger partial charge in [-0.15, -0.1) is 0 Å². The summed E-state index contributed by atoms with van der Waals surface area (Å²) in [5.74, 6) is -0.337. The van der Waals surface area contributed by atoms with Crippen LogP contribution in [0.5, 0.6) is 0 Å². The first kappa shape index (κ1) is 29.5. The predicted octanol–water partition coefficient (Wildman–Crippen LogP) is 1.05. The molecule has 182 valence electrons. The molecule has 0 saturated carbocycles. The molecule has 0 rings (SSSR count). The average molecular weight is 446 g/mol. The predicted molar refractivity (Wildman–Crippen MR) is 120 cm³/mol. The van der Waals surface area contributed by atoms with Crippen molar-refractivity contribution in [2.24, 2.45) is 0 Å². The smallest absolute Gasteiger partial charge is 0.307 e. The van der Waals surface area contributed by atoms with Gasteiger partial charge in [0, 0.05) is 33.2 Å². The summed E-state index contributed by atoms with van der Waals surface area (Å²) in [6.07, 6.45) is 3.04. The monoisotopic (exact) mass is 445 g/mol. The molecule has 0 aliphatic carbocycles. The molecule has 0 spiro atoms. The topological polar surface area (TPSA) is 88.6 Å². The summed E-state index contributed by atoms with van der Waals surface area (Å²) in [5.41, 5.74) is 0. The van der Waals surface area contributed by atoms with Gasteiger partial charge < -0.3 is 28.9 Å². The number of ether oxygens (including phenoxy) is 3. The second-order valence-electron chi connectivity index (χ2n) is 7.94. The number of rotatable bonds is 20. The third-order valence-corrected chi connectivity index (χ3v) is 4.85. The van der Waals surface area contributed by atoms with Gasteiger partial charge in [0.1, 0.15) is 12.4 Å². The van der Waals surface area contributed by atoms with Crippen LogP contribution in [0.4, 0.5) is 0 Å². The van der Waals surface area contributed by atoms with E-state index >= 15 is 0 Å². The van der Waals surface area contributed by atoms with Crippen LogP contribution in [0.15, 0.2) is 0 Å². The molecule has 9 nitrogen and oxygen atoms in total. The Morgan fingerprint density at radius 1 is 0.677 bits per heavy atom. The van der Waals surface area contributed by atoms with Crippen LogP contribution in [-0.2, 0) is 28.6 Å². The second-order valence-corrected chi connectivity index (χ2v) is 7.94. The number of nitrogens with zero attached hydrogens (tertiary/aromatic N) is 3. The molecule has 0 aromatic heterocycles. The van der Waals surface area contributed by atoms with Crippen LogP contribution in [0, 0.1) is 0 Å². The molecule has 0 fully saturated rings. The summed E-state index contributed by atoms with van der Waals surface area (Å²) < 4.78 is 14.7. The minimum absolute atomic E-state index is 0.198. The van der Waals surface area contributed by atoms with Gasteiger partial charge in [-0.3, -0.25) is 14.4 Å². The molecular weight excluding hydrogens is 402 g/mol. The molecule has 0 aliphatic rings. The second kappa shape index (κ2) is 19.2. The molecular formula is C22H43N3O6. The van der Waals surface area contributed by atoms with Crippen LogP contribution in [0.1, 0.15) is 39.0 Å². The quantitative estimate of drug-likeness (QED) is 0.201. The Morgan fingerprint density at radius 3 is 1.71 bits per heavy atom. The van der Waals surface area contributed by atoms with Crippen LogP contribution in [0.25, 0.3) is 0 Å². The number of methoxy groups -OCH3 is 2. The maximum absolute atomic E-state index is 11.9. The normalized spacial score (nSPS) is 11.4. The molecule has 0 N–H and O–H groups in total. The molecule has 0 unspecified atom stereocenters. The summed E-state index contributed by atoms with van der Waals surface area (Å²) in [6, 6.07) is 0. The lowest BCUT2D eigenvalue weighted by Crippen LogP contribution is -2.35. The van der Waals surface area contributed by atoms with E-state index in [2.05, 4.69) is 28.8 Å². The largest absolute Gasteiger partial charge is 0.469 e. The van der Waals surface area contributed by atoms with Crippen molar-refractivity contribution in [3.05, 3.63) is 0 Å². The van der Waals surface area contributed by atoms with E-state index in [1.165, 1.54) is 7.11 Å². The zero-order valence-electron chi connectivity index (χ0n) is 20.2. The Bertz CT molecular complexity index is 502. The lowest BCUT2D eigenvalue weighted by Gasteiger charge is -2.26. The van der Waals surface area contributed by atoms with Gasteiger partial charge in [-0.2, -0.15) is 0 Å². The number of carbonyl (C=O) groups excluding carboxylic acids is 3. The molecule has 0 saturated heterocycles. The summed E-state index contributed by atoms with van der Waals surface area (Å²) >= 11 is 0. The molecule has 0 aliphatic heterocycles. The average Bonchev–Trinajstić information content (AvgIpc) is 2.72. The standard InChI is InChI=1S/C22H43N3O6/c1-20(26)8-15-24(12-6-11-23(2)3)13-7-14-25(16-9-21(27)30-5)17-10-22(28)31-19-18-29-4/h6-19H2,1-5H3. The van der Waals surface area contributed by atoms with E-state index in [9.17, 15) is 14.4 Å². The summed E-state index contributed by atoms with van der Waals surface area (Å²) in [7, 11) is 7.04. The molecule has 31 heavy (non-hydrogen) atoms. The first-order valence-corrected chi connectivity index (χ1v) is 11.1. The maximum atomic E-state index is 11.9. The van der Waals surface area contributed by atoms with Crippen molar-refractivity contribution < 1.29 is 28.6 Å². The molecule has 0 heterocycles. The molecule has 9 heteroatoms. The third kappa shape index (κ3) is 18.9. The van der Waals surface area contributed by atoms with Crippen molar-refractivity contribution in [1.29, 1.82) is 0 Å². The highest BCUT2D eigenvalue weighted by Crippen LogP contribution is 2.03. The van der Waals surface area contributed by atoms with Crippen LogP contribution in [-0.4, -0.2) is 120 Å². The van der Waals surface area contributed by atoms with Crippen LogP contribution in [0.3, 0.4) is 0 Å². The van der Waals surface area contributed by atoms with E-state index in [0.29, 0.717) is 26.1 Å². The maximum Gasteiger partial charge on any atom is 0.307 e. The van der Waals surface area contributed by atoms with Crippen molar-refractivity contribution in [3.8, 4) is 0 Å². The van der Waals surface area contributed by atoms with Gasteiger partial charge in [-0.1, -0.05) is 0 Å². The Kier molecular flexibility index (Phi) is 18.2. The lowest BCUT2D eigenvalue weighted by molar-refractivity contribution is -0.145. The number of esters is 2. The van der Waals surface area contributed by atoms with E-state index in [1.807, 2.05) is 0 Å². The lowest BCUT2D eigenvalue weighted by atomic mass is 10.2. The van der Waals surface area contributed by atoms with Gasteiger partial charge in [0.05, 0.1) is 26.6 Å². The van der Waals surface area contributed by atoms with Crippen LogP contribution in [0.2, 0.25) is 0 Å². The molecule has 0 aromatic carbocycles. The van der Waals surface area contributed by atoms with Crippen molar-refractivity contribution in [2.75, 3.05) is 87.3 Å². The Morgan fingerprint density at radius 2 is 1.19 bits per heavy atom. The van der Waals surface area contributed by atoms with Gasteiger partial charge in [-0.25, -0.2) is 0 Å².